The lowest BCUT2D eigenvalue weighted by Gasteiger charge is -2.19. The summed E-state index contributed by atoms with van der Waals surface area (Å²) in [5, 5.41) is 3.01. The Balaban J connectivity index is 1.56. The second-order valence-corrected chi connectivity index (χ2v) is 7.04. The van der Waals surface area contributed by atoms with E-state index in [9.17, 15) is 4.79 Å². The van der Waals surface area contributed by atoms with Gasteiger partial charge in [-0.2, -0.15) is 0 Å². The molecule has 1 N–H and O–H groups in total. The Bertz CT molecular complexity index is 636. The van der Waals surface area contributed by atoms with E-state index >= 15 is 0 Å². The van der Waals surface area contributed by atoms with E-state index in [0.29, 0.717) is 6.54 Å². The number of aryl methyl sites for hydroxylation is 1. The van der Waals surface area contributed by atoms with Crippen LogP contribution in [0, 0.1) is 5.92 Å². The van der Waals surface area contributed by atoms with E-state index in [1.165, 1.54) is 23.3 Å². The van der Waals surface area contributed by atoms with E-state index in [1.54, 1.807) is 17.5 Å². The Morgan fingerprint density at radius 3 is 3.14 bits per heavy atom. The average molecular weight is 314 g/mol. The van der Waals surface area contributed by atoms with Crippen LogP contribution in [0.5, 0.6) is 0 Å². The van der Waals surface area contributed by atoms with Gasteiger partial charge in [0.25, 0.3) is 5.91 Å². The minimum Gasteiger partial charge on any atom is -0.351 e. The standard InChI is InChI=1S/C18H22N2OS/c1-2-13-6-7-16-14(11-13)12-17(22-16)18(21)20-10-8-15-5-3-4-9-19-15/h3-5,9,12-13H,2,6-8,10-11H2,1H3,(H,20,21)/t13-/m1/s1. The molecule has 1 amide bonds. The molecule has 0 spiro atoms. The average Bonchev–Trinajstić information content (AvgIpc) is 2.99. The van der Waals surface area contributed by atoms with Crippen molar-refractivity contribution in [2.45, 2.75) is 39.0 Å². The zero-order chi connectivity index (χ0) is 15.4. The van der Waals surface area contributed by atoms with Crippen LogP contribution in [-0.4, -0.2) is 17.4 Å². The first kappa shape index (κ1) is 15.2. The van der Waals surface area contributed by atoms with E-state index < -0.39 is 0 Å². The molecule has 116 valence electrons. The number of carbonyl (C=O) groups excluding carboxylic acids is 1. The summed E-state index contributed by atoms with van der Waals surface area (Å²) in [4.78, 5) is 18.8. The number of amides is 1. The molecule has 2 aromatic heterocycles. The molecule has 0 saturated heterocycles. The molecule has 3 nitrogen and oxygen atoms in total. The number of pyridine rings is 1. The van der Waals surface area contributed by atoms with E-state index in [4.69, 9.17) is 0 Å². The van der Waals surface area contributed by atoms with Crippen LogP contribution in [0.3, 0.4) is 0 Å². The fourth-order valence-electron chi connectivity index (χ4n) is 3.00. The number of fused-ring (bicyclic) bond motifs is 1. The SMILES string of the molecule is CC[C@@H]1CCc2sc(C(=O)NCCc3ccccn3)cc2C1. The lowest BCUT2D eigenvalue weighted by Crippen LogP contribution is -2.25. The van der Waals surface area contributed by atoms with Crippen molar-refractivity contribution < 1.29 is 4.79 Å². The molecule has 0 unspecified atom stereocenters. The van der Waals surface area contributed by atoms with E-state index in [0.717, 1.165) is 35.8 Å². The molecule has 1 aliphatic carbocycles. The van der Waals surface area contributed by atoms with Crippen LogP contribution in [0.1, 0.15) is 45.6 Å². The second-order valence-electron chi connectivity index (χ2n) is 5.90. The van der Waals surface area contributed by atoms with E-state index in [1.807, 2.05) is 18.2 Å². The summed E-state index contributed by atoms with van der Waals surface area (Å²) in [6.45, 7) is 2.89. The number of thiophene rings is 1. The number of hydrogen-bond donors (Lipinski definition) is 1. The fourth-order valence-corrected chi connectivity index (χ4v) is 4.12. The molecule has 0 fully saturated rings. The smallest absolute Gasteiger partial charge is 0.261 e. The van der Waals surface area contributed by atoms with Crippen molar-refractivity contribution in [1.82, 2.24) is 10.3 Å². The molecule has 0 aromatic carbocycles. The molecule has 1 aliphatic rings. The van der Waals surface area contributed by atoms with Gasteiger partial charge in [-0.1, -0.05) is 19.4 Å². The lowest BCUT2D eigenvalue weighted by molar-refractivity contribution is 0.0958. The van der Waals surface area contributed by atoms with Crippen LogP contribution in [0.15, 0.2) is 30.5 Å². The Morgan fingerprint density at radius 2 is 2.36 bits per heavy atom. The van der Waals surface area contributed by atoms with Crippen LogP contribution in [-0.2, 0) is 19.3 Å². The Hall–Kier alpha value is -1.68. The van der Waals surface area contributed by atoms with Crippen molar-refractivity contribution in [3.8, 4) is 0 Å². The molecular weight excluding hydrogens is 292 g/mol. The lowest BCUT2D eigenvalue weighted by atomic mass is 9.87. The monoisotopic (exact) mass is 314 g/mol. The minimum absolute atomic E-state index is 0.0587. The van der Waals surface area contributed by atoms with Crippen LogP contribution >= 0.6 is 11.3 Å². The predicted molar refractivity (Wildman–Crippen MR) is 90.4 cm³/mol. The van der Waals surface area contributed by atoms with Crippen molar-refractivity contribution in [2.75, 3.05) is 6.54 Å². The summed E-state index contributed by atoms with van der Waals surface area (Å²) in [5.74, 6) is 0.852. The van der Waals surface area contributed by atoms with Gasteiger partial charge in [-0.15, -0.1) is 11.3 Å². The van der Waals surface area contributed by atoms with Gasteiger partial charge in [-0.05, 0) is 48.9 Å². The number of nitrogens with zero attached hydrogens (tertiary/aromatic N) is 1. The van der Waals surface area contributed by atoms with Crippen molar-refractivity contribution in [3.05, 3.63) is 51.5 Å². The summed E-state index contributed by atoms with van der Waals surface area (Å²) in [6, 6.07) is 7.97. The minimum atomic E-state index is 0.0587. The highest BCUT2D eigenvalue weighted by molar-refractivity contribution is 7.14. The summed E-state index contributed by atoms with van der Waals surface area (Å²) >= 11 is 1.67. The van der Waals surface area contributed by atoms with Crippen LogP contribution < -0.4 is 5.32 Å². The highest BCUT2D eigenvalue weighted by Gasteiger charge is 2.21. The van der Waals surface area contributed by atoms with Gasteiger partial charge in [0.2, 0.25) is 0 Å². The van der Waals surface area contributed by atoms with Gasteiger partial charge < -0.3 is 5.32 Å². The van der Waals surface area contributed by atoms with E-state index in [2.05, 4.69) is 23.3 Å². The number of nitrogens with one attached hydrogen (secondary N) is 1. The molecule has 22 heavy (non-hydrogen) atoms. The predicted octanol–water partition coefficient (Wildman–Crippen LogP) is 3.63. The fraction of sp³-hybridized carbons (Fsp3) is 0.444. The largest absolute Gasteiger partial charge is 0.351 e. The molecule has 3 rings (SSSR count). The van der Waals surface area contributed by atoms with Crippen LogP contribution in [0.4, 0.5) is 0 Å². The van der Waals surface area contributed by atoms with Crippen molar-refractivity contribution in [2.24, 2.45) is 5.92 Å². The Labute approximate surface area is 135 Å². The Morgan fingerprint density at radius 1 is 1.45 bits per heavy atom. The van der Waals surface area contributed by atoms with Crippen molar-refractivity contribution in [3.63, 3.8) is 0 Å². The van der Waals surface area contributed by atoms with Crippen LogP contribution in [0.2, 0.25) is 0 Å². The van der Waals surface area contributed by atoms with Gasteiger partial charge in [0, 0.05) is 29.7 Å². The van der Waals surface area contributed by atoms with Gasteiger partial charge in [0.05, 0.1) is 4.88 Å². The molecule has 2 aromatic rings. The second kappa shape index (κ2) is 7.05. The highest BCUT2D eigenvalue weighted by Crippen LogP contribution is 2.33. The molecule has 0 bridgehead atoms. The quantitative estimate of drug-likeness (QED) is 0.915. The molecule has 2 heterocycles. The normalized spacial score (nSPS) is 17.0. The third-order valence-corrected chi connectivity index (χ3v) is 5.61. The zero-order valence-electron chi connectivity index (χ0n) is 13.0. The summed E-state index contributed by atoms with van der Waals surface area (Å²) < 4.78 is 0. The third kappa shape index (κ3) is 3.55. The number of carbonyl (C=O) groups is 1. The molecule has 0 saturated carbocycles. The van der Waals surface area contributed by atoms with Gasteiger partial charge in [-0.3, -0.25) is 9.78 Å². The first-order chi connectivity index (χ1) is 10.8. The maximum Gasteiger partial charge on any atom is 0.261 e. The first-order valence-corrected chi connectivity index (χ1v) is 8.87. The van der Waals surface area contributed by atoms with Crippen molar-refractivity contribution >= 4 is 17.2 Å². The number of aromatic nitrogens is 1. The molecule has 0 radical (unpaired) electrons. The summed E-state index contributed by atoms with van der Waals surface area (Å²) in [6.07, 6.45) is 7.35. The maximum atomic E-state index is 12.3. The molecule has 4 heteroatoms. The third-order valence-electron chi connectivity index (χ3n) is 4.38. The molecule has 1 atom stereocenters. The van der Waals surface area contributed by atoms with Gasteiger partial charge in [0.1, 0.15) is 0 Å². The number of rotatable bonds is 5. The van der Waals surface area contributed by atoms with Gasteiger partial charge in [0.15, 0.2) is 0 Å². The molecule has 0 aliphatic heterocycles. The van der Waals surface area contributed by atoms with Crippen LogP contribution in [0.25, 0.3) is 0 Å². The summed E-state index contributed by atoms with van der Waals surface area (Å²) in [5.41, 5.74) is 2.41. The number of hydrogen-bond acceptors (Lipinski definition) is 3. The Kier molecular flexibility index (Phi) is 4.88. The highest BCUT2D eigenvalue weighted by atomic mass is 32.1. The van der Waals surface area contributed by atoms with Gasteiger partial charge >= 0.3 is 0 Å². The van der Waals surface area contributed by atoms with Crippen molar-refractivity contribution in [1.29, 1.82) is 0 Å². The maximum absolute atomic E-state index is 12.3. The zero-order valence-corrected chi connectivity index (χ0v) is 13.8. The summed E-state index contributed by atoms with van der Waals surface area (Å²) in [7, 11) is 0. The topological polar surface area (TPSA) is 42.0 Å². The first-order valence-electron chi connectivity index (χ1n) is 8.06. The van der Waals surface area contributed by atoms with E-state index in [-0.39, 0.29) is 5.91 Å². The van der Waals surface area contributed by atoms with Gasteiger partial charge in [-0.25, -0.2) is 0 Å². The molecular formula is C18H22N2OS.